The molecule has 0 saturated heterocycles. The maximum atomic E-state index is 12.4. The van der Waals surface area contributed by atoms with Crippen molar-refractivity contribution in [2.24, 2.45) is 5.73 Å². The predicted molar refractivity (Wildman–Crippen MR) is 51.5 cm³/mol. The number of halogens is 6. The van der Waals surface area contributed by atoms with Gasteiger partial charge in [-0.15, -0.1) is 13.2 Å². The van der Waals surface area contributed by atoms with Crippen LogP contribution in [-0.2, 0) is 6.54 Å². The molecule has 9 heteroatoms. The second kappa shape index (κ2) is 5.13. The fourth-order valence-corrected chi connectivity index (χ4v) is 1.51. The molecule has 1 rings (SSSR count). The average molecular weight is 321 g/mol. The van der Waals surface area contributed by atoms with Crippen LogP contribution in [0.5, 0.6) is 5.75 Å². The Bertz CT molecular complexity index is 410. The summed E-state index contributed by atoms with van der Waals surface area (Å²) in [6.45, 7) is -0.446. The van der Waals surface area contributed by atoms with Gasteiger partial charge in [-0.3, -0.25) is 0 Å². The van der Waals surface area contributed by atoms with Crippen LogP contribution in [0.25, 0.3) is 0 Å². The van der Waals surface area contributed by atoms with E-state index in [9.17, 15) is 22.0 Å². The van der Waals surface area contributed by atoms with Crippen molar-refractivity contribution in [2.45, 2.75) is 19.3 Å². The van der Waals surface area contributed by atoms with Crippen LogP contribution in [0.4, 0.5) is 22.0 Å². The normalized spacial score (nSPS) is 12.0. The van der Waals surface area contributed by atoms with E-state index >= 15 is 0 Å². The summed E-state index contributed by atoms with van der Waals surface area (Å²) in [4.78, 5) is 3.33. The number of rotatable bonds is 3. The number of ether oxygens (including phenoxy) is 1. The maximum absolute atomic E-state index is 12.4. The molecule has 0 aromatic carbocycles. The van der Waals surface area contributed by atoms with Crippen LogP contribution in [0.1, 0.15) is 17.8 Å². The predicted octanol–water partition coefficient (Wildman–Crippen LogP) is 3.14. The summed E-state index contributed by atoms with van der Waals surface area (Å²) in [5.74, 6) is -0.698. The first-order valence-corrected chi connectivity index (χ1v) is 4.97. The number of hydrogen-bond acceptors (Lipinski definition) is 3. The zero-order valence-corrected chi connectivity index (χ0v) is 9.65. The van der Waals surface area contributed by atoms with Crippen LogP contribution in [0.15, 0.2) is 10.5 Å². The Balaban J connectivity index is 3.19. The van der Waals surface area contributed by atoms with Gasteiger partial charge in [0.25, 0.3) is 6.43 Å². The van der Waals surface area contributed by atoms with Gasteiger partial charge in [0.2, 0.25) is 0 Å². The molecule has 0 radical (unpaired) electrons. The highest BCUT2D eigenvalue weighted by Crippen LogP contribution is 2.33. The molecular formula is C8H6BrF5N2O. The second-order valence-corrected chi connectivity index (χ2v) is 3.71. The number of aromatic nitrogens is 1. The summed E-state index contributed by atoms with van der Waals surface area (Å²) < 4.78 is 64.2. The fraction of sp³-hybridized carbons (Fsp3) is 0.375. The minimum absolute atomic E-state index is 0.274. The maximum Gasteiger partial charge on any atom is 0.573 e. The molecule has 0 saturated carbocycles. The van der Waals surface area contributed by atoms with Crippen molar-refractivity contribution < 1.29 is 26.7 Å². The van der Waals surface area contributed by atoms with Crippen LogP contribution in [0.3, 0.4) is 0 Å². The van der Waals surface area contributed by atoms with Gasteiger partial charge in [0.1, 0.15) is 5.69 Å². The highest BCUT2D eigenvalue weighted by molar-refractivity contribution is 9.10. The molecule has 0 aliphatic rings. The SMILES string of the molecule is NCc1nc(C(F)F)c(Br)cc1OC(F)(F)F. The third-order valence-electron chi connectivity index (χ3n) is 1.67. The Labute approximate surface area is 101 Å². The molecule has 0 unspecified atom stereocenters. The number of pyridine rings is 1. The van der Waals surface area contributed by atoms with E-state index in [1.807, 2.05) is 0 Å². The summed E-state index contributed by atoms with van der Waals surface area (Å²) >= 11 is 2.69. The molecule has 2 N–H and O–H groups in total. The van der Waals surface area contributed by atoms with E-state index in [-0.39, 0.29) is 10.2 Å². The van der Waals surface area contributed by atoms with E-state index in [0.29, 0.717) is 0 Å². The van der Waals surface area contributed by atoms with E-state index in [4.69, 9.17) is 5.73 Å². The highest BCUT2D eigenvalue weighted by atomic mass is 79.9. The van der Waals surface area contributed by atoms with E-state index in [1.54, 1.807) is 0 Å². The van der Waals surface area contributed by atoms with Crippen molar-refractivity contribution in [3.63, 3.8) is 0 Å². The lowest BCUT2D eigenvalue weighted by molar-refractivity contribution is -0.275. The summed E-state index contributed by atoms with van der Waals surface area (Å²) in [6.07, 6.45) is -7.85. The molecule has 0 spiro atoms. The minimum Gasteiger partial charge on any atom is -0.404 e. The van der Waals surface area contributed by atoms with Crippen LogP contribution < -0.4 is 10.5 Å². The molecule has 0 atom stereocenters. The topological polar surface area (TPSA) is 48.1 Å². The van der Waals surface area contributed by atoms with Crippen molar-refractivity contribution in [1.82, 2.24) is 4.98 Å². The van der Waals surface area contributed by atoms with E-state index in [2.05, 4.69) is 25.7 Å². The lowest BCUT2D eigenvalue weighted by Crippen LogP contribution is -2.19. The Morgan fingerprint density at radius 1 is 1.41 bits per heavy atom. The number of nitrogens with zero attached hydrogens (tertiary/aromatic N) is 1. The monoisotopic (exact) mass is 320 g/mol. The number of nitrogens with two attached hydrogens (primary N) is 1. The summed E-state index contributed by atoms with van der Waals surface area (Å²) in [6, 6.07) is 0.768. The molecule has 17 heavy (non-hydrogen) atoms. The Morgan fingerprint density at radius 3 is 2.41 bits per heavy atom. The molecule has 3 nitrogen and oxygen atoms in total. The van der Waals surface area contributed by atoms with Gasteiger partial charge in [0.05, 0.1) is 5.69 Å². The lowest BCUT2D eigenvalue weighted by atomic mass is 10.2. The first kappa shape index (κ1) is 14.1. The van der Waals surface area contributed by atoms with Gasteiger partial charge in [-0.05, 0) is 22.0 Å². The van der Waals surface area contributed by atoms with Gasteiger partial charge in [0, 0.05) is 11.0 Å². The van der Waals surface area contributed by atoms with Gasteiger partial charge in [-0.1, -0.05) is 0 Å². The van der Waals surface area contributed by atoms with Crippen molar-refractivity contribution in [1.29, 1.82) is 0 Å². The van der Waals surface area contributed by atoms with Crippen molar-refractivity contribution in [3.8, 4) is 5.75 Å². The van der Waals surface area contributed by atoms with Gasteiger partial charge in [0.15, 0.2) is 5.75 Å². The second-order valence-electron chi connectivity index (χ2n) is 2.85. The Kier molecular flexibility index (Phi) is 4.26. The molecule has 0 aliphatic heterocycles. The third-order valence-corrected chi connectivity index (χ3v) is 2.30. The highest BCUT2D eigenvalue weighted by Gasteiger charge is 2.33. The Hall–Kier alpha value is -0.960. The first-order chi connectivity index (χ1) is 7.74. The van der Waals surface area contributed by atoms with E-state index in [1.165, 1.54) is 0 Å². The molecule has 96 valence electrons. The molecule has 1 aromatic rings. The first-order valence-electron chi connectivity index (χ1n) is 4.18. The number of hydrogen-bond donors (Lipinski definition) is 1. The van der Waals surface area contributed by atoms with Gasteiger partial charge in [-0.25, -0.2) is 13.8 Å². The molecule has 0 amide bonds. The van der Waals surface area contributed by atoms with Crippen LogP contribution in [-0.4, -0.2) is 11.3 Å². The molecule has 0 fully saturated rings. The van der Waals surface area contributed by atoms with Crippen molar-refractivity contribution in [3.05, 3.63) is 21.9 Å². The van der Waals surface area contributed by atoms with Crippen LogP contribution in [0.2, 0.25) is 0 Å². The van der Waals surface area contributed by atoms with E-state index < -0.39 is 30.8 Å². The zero-order chi connectivity index (χ0) is 13.2. The summed E-state index contributed by atoms with van der Waals surface area (Å²) in [7, 11) is 0. The van der Waals surface area contributed by atoms with Gasteiger partial charge in [-0.2, -0.15) is 0 Å². The molecule has 1 heterocycles. The smallest absolute Gasteiger partial charge is 0.404 e. The molecule has 0 aliphatic carbocycles. The third kappa shape index (κ3) is 3.77. The lowest BCUT2D eigenvalue weighted by Gasteiger charge is -2.13. The van der Waals surface area contributed by atoms with E-state index in [0.717, 1.165) is 6.07 Å². The average Bonchev–Trinajstić information content (AvgIpc) is 2.14. The van der Waals surface area contributed by atoms with Crippen molar-refractivity contribution in [2.75, 3.05) is 0 Å². The van der Waals surface area contributed by atoms with Gasteiger partial charge >= 0.3 is 6.36 Å². The summed E-state index contributed by atoms with van der Waals surface area (Å²) in [5.41, 5.74) is 4.05. The Morgan fingerprint density at radius 2 is 2.00 bits per heavy atom. The minimum atomic E-state index is -4.93. The quantitative estimate of drug-likeness (QED) is 0.870. The molecule has 1 aromatic heterocycles. The fourth-order valence-electron chi connectivity index (χ4n) is 1.04. The van der Waals surface area contributed by atoms with Crippen LogP contribution >= 0.6 is 15.9 Å². The standard InChI is InChI=1S/C8H6BrF5N2O/c9-3-1-5(17-8(12,13)14)4(2-15)16-6(3)7(10)11/h1,7H,2,15H2. The van der Waals surface area contributed by atoms with Crippen LogP contribution in [0, 0.1) is 0 Å². The van der Waals surface area contributed by atoms with Gasteiger partial charge < -0.3 is 10.5 Å². The number of alkyl halides is 5. The molecular weight excluding hydrogens is 315 g/mol. The summed E-state index contributed by atoms with van der Waals surface area (Å²) in [5, 5.41) is 0. The zero-order valence-electron chi connectivity index (χ0n) is 8.06. The van der Waals surface area contributed by atoms with Crippen molar-refractivity contribution >= 4 is 15.9 Å². The molecule has 0 bridgehead atoms. The largest absolute Gasteiger partial charge is 0.573 e.